The van der Waals surface area contributed by atoms with Crippen molar-refractivity contribution in [3.05, 3.63) is 11.1 Å². The second kappa shape index (κ2) is 5.10. The van der Waals surface area contributed by atoms with Crippen molar-refractivity contribution in [3.8, 4) is 5.06 Å². The summed E-state index contributed by atoms with van der Waals surface area (Å²) in [5, 5.41) is 9.29. The fourth-order valence-electron chi connectivity index (χ4n) is 2.01. The Morgan fingerprint density at radius 1 is 1.43 bits per heavy atom. The second-order valence-corrected chi connectivity index (χ2v) is 8.03. The molecule has 2 atom stereocenters. The lowest BCUT2D eigenvalue weighted by atomic mass is 10.2. The molecule has 1 aliphatic rings. The van der Waals surface area contributed by atoms with E-state index in [2.05, 4.69) is 0 Å². The highest BCUT2D eigenvalue weighted by Crippen LogP contribution is 2.53. The van der Waals surface area contributed by atoms with Crippen LogP contribution in [0.3, 0.4) is 0 Å². The van der Waals surface area contributed by atoms with E-state index < -0.39 is 50.6 Å². The summed E-state index contributed by atoms with van der Waals surface area (Å²) in [6.45, 7) is 1.04. The normalized spacial score (nSPS) is 22.4. The summed E-state index contributed by atoms with van der Waals surface area (Å²) in [7, 11) is -3.89. The first kappa shape index (κ1) is 16.5. The number of hydrogen-bond donors (Lipinski definition) is 1. The van der Waals surface area contributed by atoms with Crippen LogP contribution in [-0.2, 0) is 16.3 Å². The molecule has 120 valence electrons. The second-order valence-electron chi connectivity index (χ2n) is 4.84. The van der Waals surface area contributed by atoms with Gasteiger partial charge >= 0.3 is 0 Å². The van der Waals surface area contributed by atoms with Gasteiger partial charge in [0.25, 0.3) is 12.3 Å². The van der Waals surface area contributed by atoms with Gasteiger partial charge in [-0.25, -0.2) is 26.0 Å². The Balaban J connectivity index is 2.54. The predicted molar refractivity (Wildman–Crippen MR) is 67.1 cm³/mol. The Morgan fingerprint density at radius 2 is 2.00 bits per heavy atom. The summed E-state index contributed by atoms with van der Waals surface area (Å²) in [6, 6.07) is 0. The lowest BCUT2D eigenvalue weighted by Crippen LogP contribution is -2.23. The van der Waals surface area contributed by atoms with E-state index in [1.54, 1.807) is 0 Å². The number of alkyl halides is 4. The van der Waals surface area contributed by atoms with Crippen molar-refractivity contribution >= 4 is 21.2 Å². The molecule has 0 saturated carbocycles. The van der Waals surface area contributed by atoms with Crippen molar-refractivity contribution < 1.29 is 35.8 Å². The van der Waals surface area contributed by atoms with E-state index >= 15 is 0 Å². The smallest absolute Gasteiger partial charge is 0.281 e. The van der Waals surface area contributed by atoms with E-state index in [4.69, 9.17) is 4.74 Å². The summed E-state index contributed by atoms with van der Waals surface area (Å²) < 4.78 is 79.8. The van der Waals surface area contributed by atoms with Gasteiger partial charge in [0.05, 0.1) is 0 Å². The zero-order chi connectivity index (χ0) is 16.2. The van der Waals surface area contributed by atoms with Gasteiger partial charge in [-0.1, -0.05) is 11.3 Å². The number of aliphatic hydroxyl groups excluding tert-OH is 1. The van der Waals surface area contributed by atoms with Crippen LogP contribution >= 0.6 is 11.3 Å². The predicted octanol–water partition coefficient (Wildman–Crippen LogP) is 2.41. The molecule has 0 unspecified atom stereocenters. The molecule has 1 heterocycles. The number of sulfone groups is 1. The quantitative estimate of drug-likeness (QED) is 0.849. The van der Waals surface area contributed by atoms with Crippen molar-refractivity contribution in [2.24, 2.45) is 0 Å². The zero-order valence-electron chi connectivity index (χ0n) is 10.9. The summed E-state index contributed by atoms with van der Waals surface area (Å²) >= 11 is 0.482. The highest BCUT2D eigenvalue weighted by molar-refractivity contribution is 7.92. The van der Waals surface area contributed by atoms with Crippen LogP contribution in [0.5, 0.6) is 5.06 Å². The molecule has 0 spiro atoms. The molecule has 1 aromatic heterocycles. The highest BCUT2D eigenvalue weighted by atomic mass is 32.2. The first-order chi connectivity index (χ1) is 9.45. The third-order valence-electron chi connectivity index (χ3n) is 3.05. The number of fused-ring (bicyclic) bond motifs is 1. The number of rotatable bonds is 4. The van der Waals surface area contributed by atoms with Crippen LogP contribution in [0.2, 0.25) is 0 Å². The molecule has 0 saturated heterocycles. The molecule has 0 fully saturated rings. The van der Waals surface area contributed by atoms with Crippen molar-refractivity contribution in [1.29, 1.82) is 0 Å². The number of ether oxygens (including phenoxy) is 1. The van der Waals surface area contributed by atoms with Gasteiger partial charge in [0.15, 0.2) is 21.0 Å². The van der Waals surface area contributed by atoms with E-state index in [0.29, 0.717) is 11.3 Å². The average molecular weight is 348 g/mol. The van der Waals surface area contributed by atoms with Crippen LogP contribution in [0.4, 0.5) is 17.6 Å². The van der Waals surface area contributed by atoms with Gasteiger partial charge in [-0.05, 0) is 6.92 Å². The van der Waals surface area contributed by atoms with E-state index in [-0.39, 0.29) is 10.6 Å². The number of hydrogen-bond acceptors (Lipinski definition) is 5. The van der Waals surface area contributed by atoms with E-state index in [1.807, 2.05) is 0 Å². The van der Waals surface area contributed by atoms with Crippen molar-refractivity contribution in [2.45, 2.75) is 42.1 Å². The maximum absolute atomic E-state index is 13.6. The summed E-state index contributed by atoms with van der Waals surface area (Å²) in [6.07, 6.45) is -6.86. The van der Waals surface area contributed by atoms with E-state index in [9.17, 15) is 31.1 Å². The van der Waals surface area contributed by atoms with Crippen LogP contribution < -0.4 is 4.74 Å². The molecule has 21 heavy (non-hydrogen) atoms. The first-order valence-corrected chi connectivity index (χ1v) is 8.52. The van der Waals surface area contributed by atoms with Crippen LogP contribution in [-0.4, -0.2) is 38.2 Å². The molecular formula is C11H12F4O4S2. The Bertz CT molecular complexity index is 653. The topological polar surface area (TPSA) is 63.6 Å². The molecule has 4 nitrogen and oxygen atoms in total. The molecule has 1 N–H and O–H groups in total. The fourth-order valence-corrected chi connectivity index (χ4v) is 4.50. The van der Waals surface area contributed by atoms with Gasteiger partial charge in [-0.2, -0.15) is 0 Å². The van der Waals surface area contributed by atoms with Gasteiger partial charge in [0.2, 0.25) is 0 Å². The number of halogens is 4. The number of thiophene rings is 1. The highest BCUT2D eigenvalue weighted by Gasteiger charge is 2.52. The summed E-state index contributed by atoms with van der Waals surface area (Å²) in [4.78, 5) is 0. The first-order valence-electron chi connectivity index (χ1n) is 5.81. The maximum Gasteiger partial charge on any atom is 0.281 e. The third-order valence-corrected chi connectivity index (χ3v) is 6.03. The summed E-state index contributed by atoms with van der Waals surface area (Å²) in [5.74, 6) is -3.55. The summed E-state index contributed by atoms with van der Waals surface area (Å²) in [5.41, 5.74) is -0.658. The van der Waals surface area contributed by atoms with Crippen LogP contribution in [0, 0.1) is 0 Å². The van der Waals surface area contributed by atoms with E-state index in [1.165, 1.54) is 0 Å². The molecule has 0 amide bonds. The fraction of sp³-hybridized carbons (Fsp3) is 0.636. The molecule has 10 heteroatoms. The molecule has 0 aliphatic heterocycles. The largest absolute Gasteiger partial charge is 0.475 e. The zero-order valence-corrected chi connectivity index (χ0v) is 12.6. The molecule has 0 bridgehead atoms. The van der Waals surface area contributed by atoms with Gasteiger partial charge in [-0.3, -0.25) is 0 Å². The minimum atomic E-state index is -3.89. The molecule has 0 aromatic carbocycles. The van der Waals surface area contributed by atoms with Crippen LogP contribution in [0.25, 0.3) is 0 Å². The van der Waals surface area contributed by atoms with Gasteiger partial charge in [0.1, 0.15) is 10.3 Å². The van der Waals surface area contributed by atoms with Crippen LogP contribution in [0.15, 0.2) is 4.21 Å². The molecule has 0 radical (unpaired) electrons. The minimum absolute atomic E-state index is 0.217. The lowest BCUT2D eigenvalue weighted by molar-refractivity contribution is -0.0976. The Labute approximate surface area is 122 Å². The Morgan fingerprint density at radius 3 is 2.48 bits per heavy atom. The lowest BCUT2D eigenvalue weighted by Gasteiger charge is -2.15. The number of aliphatic hydroxyl groups is 1. The standard InChI is InChI=1S/C11H12F4O4S2/c1-4(8(12)13)19-9-5-3-11(14,15)7(16)6(5)10(20-9)21(2,17)18/h4,7-8,16H,3H2,1-2H3/t4-,7+/m1/s1. The van der Waals surface area contributed by atoms with Gasteiger partial charge in [0, 0.05) is 23.8 Å². The molecule has 1 aromatic rings. The van der Waals surface area contributed by atoms with Gasteiger partial charge < -0.3 is 9.84 Å². The van der Waals surface area contributed by atoms with Gasteiger partial charge in [-0.15, -0.1) is 0 Å². The van der Waals surface area contributed by atoms with Crippen molar-refractivity contribution in [3.63, 3.8) is 0 Å². The monoisotopic (exact) mass is 348 g/mol. The van der Waals surface area contributed by atoms with E-state index in [0.717, 1.165) is 13.2 Å². The van der Waals surface area contributed by atoms with Crippen molar-refractivity contribution in [2.75, 3.05) is 6.26 Å². The maximum atomic E-state index is 13.6. The van der Waals surface area contributed by atoms with Crippen molar-refractivity contribution in [1.82, 2.24) is 0 Å². The van der Waals surface area contributed by atoms with Crippen LogP contribution in [0.1, 0.15) is 24.2 Å². The SMILES string of the molecule is C[C@@H](Oc1sc(S(C)(=O)=O)c2c1CC(F)(F)[C@H]2O)C(F)F. The Hall–Kier alpha value is -0.870. The Kier molecular flexibility index (Phi) is 4.00. The average Bonchev–Trinajstić information content (AvgIpc) is 2.76. The third kappa shape index (κ3) is 2.88. The molecule has 1 aliphatic carbocycles. The molecule has 2 rings (SSSR count). The molecular weight excluding hydrogens is 336 g/mol. The minimum Gasteiger partial charge on any atom is -0.475 e.